The lowest BCUT2D eigenvalue weighted by atomic mass is 10.3. The summed E-state index contributed by atoms with van der Waals surface area (Å²) < 4.78 is 5.06. The first-order valence-corrected chi connectivity index (χ1v) is 5.85. The summed E-state index contributed by atoms with van der Waals surface area (Å²) in [5.74, 6) is 0.340. The van der Waals surface area contributed by atoms with Gasteiger partial charge in [0, 0.05) is 11.8 Å². The molecule has 0 fully saturated rings. The van der Waals surface area contributed by atoms with Crippen molar-refractivity contribution in [3.8, 4) is 5.75 Å². The third kappa shape index (κ3) is 2.78. The van der Waals surface area contributed by atoms with Gasteiger partial charge in [0.05, 0.1) is 12.1 Å². The Balaban J connectivity index is 2.15. The SMILES string of the molecule is COc1cccc(NC(=O)c2cc(Cl)c(Cl)[nH]2)c1. The second kappa shape index (κ2) is 5.33. The zero-order valence-corrected chi connectivity index (χ0v) is 11.0. The molecule has 0 aliphatic carbocycles. The molecule has 0 atom stereocenters. The van der Waals surface area contributed by atoms with E-state index >= 15 is 0 Å². The number of aromatic nitrogens is 1. The van der Waals surface area contributed by atoms with Crippen LogP contribution in [0.5, 0.6) is 5.75 Å². The lowest BCUT2D eigenvalue weighted by Crippen LogP contribution is -2.12. The third-order valence-corrected chi connectivity index (χ3v) is 2.99. The summed E-state index contributed by atoms with van der Waals surface area (Å²) >= 11 is 11.5. The largest absolute Gasteiger partial charge is 0.497 e. The number of nitrogens with one attached hydrogen (secondary N) is 2. The van der Waals surface area contributed by atoms with E-state index in [1.165, 1.54) is 6.07 Å². The highest BCUT2D eigenvalue weighted by Gasteiger charge is 2.11. The molecule has 0 unspecified atom stereocenters. The summed E-state index contributed by atoms with van der Waals surface area (Å²) in [5.41, 5.74) is 0.925. The number of halogens is 2. The van der Waals surface area contributed by atoms with E-state index in [4.69, 9.17) is 27.9 Å². The van der Waals surface area contributed by atoms with Crippen molar-refractivity contribution >= 4 is 34.8 Å². The summed E-state index contributed by atoms with van der Waals surface area (Å²) in [5, 5.41) is 3.26. The van der Waals surface area contributed by atoms with Gasteiger partial charge in [-0.05, 0) is 18.2 Å². The van der Waals surface area contributed by atoms with Crippen LogP contribution in [0.25, 0.3) is 0 Å². The van der Waals surface area contributed by atoms with Crippen LogP contribution < -0.4 is 10.1 Å². The number of hydrogen-bond donors (Lipinski definition) is 2. The van der Waals surface area contributed by atoms with Crippen molar-refractivity contribution in [1.29, 1.82) is 0 Å². The number of methoxy groups -OCH3 is 1. The molecule has 18 heavy (non-hydrogen) atoms. The minimum atomic E-state index is -0.322. The maximum atomic E-state index is 11.9. The van der Waals surface area contributed by atoms with E-state index in [1.807, 2.05) is 0 Å². The molecule has 0 bridgehead atoms. The van der Waals surface area contributed by atoms with Gasteiger partial charge in [0.2, 0.25) is 0 Å². The van der Waals surface area contributed by atoms with E-state index < -0.39 is 0 Å². The number of aromatic amines is 1. The Kier molecular flexibility index (Phi) is 3.79. The van der Waals surface area contributed by atoms with Gasteiger partial charge in [0.15, 0.2) is 0 Å². The van der Waals surface area contributed by atoms with Gasteiger partial charge >= 0.3 is 0 Å². The van der Waals surface area contributed by atoms with Gasteiger partial charge in [-0.25, -0.2) is 0 Å². The number of rotatable bonds is 3. The van der Waals surface area contributed by atoms with Gasteiger partial charge in [-0.1, -0.05) is 29.3 Å². The number of carbonyl (C=O) groups excluding carboxylic acids is 1. The highest BCUT2D eigenvalue weighted by atomic mass is 35.5. The molecule has 0 saturated heterocycles. The first kappa shape index (κ1) is 12.8. The molecule has 1 heterocycles. The van der Waals surface area contributed by atoms with Crippen molar-refractivity contribution in [2.45, 2.75) is 0 Å². The fourth-order valence-electron chi connectivity index (χ4n) is 1.43. The van der Waals surface area contributed by atoms with E-state index in [-0.39, 0.29) is 11.1 Å². The van der Waals surface area contributed by atoms with Crippen molar-refractivity contribution in [3.05, 3.63) is 46.2 Å². The van der Waals surface area contributed by atoms with Crippen molar-refractivity contribution < 1.29 is 9.53 Å². The maximum Gasteiger partial charge on any atom is 0.272 e. The van der Waals surface area contributed by atoms with Crippen LogP contribution in [0.2, 0.25) is 10.2 Å². The number of ether oxygens (including phenoxy) is 1. The van der Waals surface area contributed by atoms with Crippen molar-refractivity contribution in [2.75, 3.05) is 12.4 Å². The molecule has 0 radical (unpaired) electrons. The molecule has 94 valence electrons. The zero-order chi connectivity index (χ0) is 13.1. The number of H-pyrrole nitrogens is 1. The molecular formula is C12H10Cl2N2O2. The summed E-state index contributed by atoms with van der Waals surface area (Å²) in [4.78, 5) is 14.6. The van der Waals surface area contributed by atoms with Crippen molar-refractivity contribution in [3.63, 3.8) is 0 Å². The molecule has 2 aromatic rings. The Morgan fingerprint density at radius 2 is 2.11 bits per heavy atom. The highest BCUT2D eigenvalue weighted by Crippen LogP contribution is 2.23. The van der Waals surface area contributed by atoms with Crippen molar-refractivity contribution in [1.82, 2.24) is 4.98 Å². The topological polar surface area (TPSA) is 54.1 Å². The van der Waals surface area contributed by atoms with Crippen LogP contribution in [0.3, 0.4) is 0 Å². The second-order valence-corrected chi connectivity index (χ2v) is 4.32. The quantitative estimate of drug-likeness (QED) is 0.905. The van der Waals surface area contributed by atoms with Gasteiger partial charge < -0.3 is 15.0 Å². The fraction of sp³-hybridized carbons (Fsp3) is 0.0833. The first-order valence-electron chi connectivity index (χ1n) is 5.09. The Morgan fingerprint density at radius 1 is 1.33 bits per heavy atom. The summed E-state index contributed by atoms with van der Waals surface area (Å²) in [7, 11) is 1.56. The van der Waals surface area contributed by atoms with Gasteiger partial charge in [-0.2, -0.15) is 0 Å². The van der Waals surface area contributed by atoms with E-state index in [0.29, 0.717) is 22.2 Å². The highest BCUT2D eigenvalue weighted by molar-refractivity contribution is 6.41. The summed E-state index contributed by atoms with van der Waals surface area (Å²) in [6.45, 7) is 0. The number of hydrogen-bond acceptors (Lipinski definition) is 2. The minimum Gasteiger partial charge on any atom is -0.497 e. The Hall–Kier alpha value is -1.65. The summed E-state index contributed by atoms with van der Waals surface area (Å²) in [6.07, 6.45) is 0. The van der Waals surface area contributed by atoms with E-state index in [0.717, 1.165) is 0 Å². The van der Waals surface area contributed by atoms with Crippen LogP contribution in [-0.4, -0.2) is 18.0 Å². The standard InChI is InChI=1S/C12H10Cl2N2O2/c1-18-8-4-2-3-7(5-8)15-12(17)10-6-9(13)11(14)16-10/h2-6,16H,1H3,(H,15,17). The van der Waals surface area contributed by atoms with Gasteiger partial charge in [-0.15, -0.1) is 0 Å². The predicted molar refractivity (Wildman–Crippen MR) is 71.8 cm³/mol. The minimum absolute atomic E-state index is 0.243. The second-order valence-electron chi connectivity index (χ2n) is 3.53. The molecule has 1 aromatic carbocycles. The molecule has 0 saturated carbocycles. The van der Waals surface area contributed by atoms with Crippen LogP contribution in [0.1, 0.15) is 10.5 Å². The Bertz CT molecular complexity index is 562. The lowest BCUT2D eigenvalue weighted by Gasteiger charge is -2.05. The first-order chi connectivity index (χ1) is 8.60. The monoisotopic (exact) mass is 284 g/mol. The van der Waals surface area contributed by atoms with Gasteiger partial charge in [0.25, 0.3) is 5.91 Å². The zero-order valence-electron chi connectivity index (χ0n) is 9.46. The molecule has 2 rings (SSSR count). The average Bonchev–Trinajstić information content (AvgIpc) is 2.70. The van der Waals surface area contributed by atoms with E-state index in [9.17, 15) is 4.79 Å². The molecule has 2 N–H and O–H groups in total. The number of carbonyl (C=O) groups is 1. The smallest absolute Gasteiger partial charge is 0.272 e. The molecule has 4 nitrogen and oxygen atoms in total. The average molecular weight is 285 g/mol. The molecule has 1 amide bonds. The van der Waals surface area contributed by atoms with Gasteiger partial charge in [0.1, 0.15) is 16.6 Å². The van der Waals surface area contributed by atoms with E-state index in [2.05, 4.69) is 10.3 Å². The summed E-state index contributed by atoms with van der Waals surface area (Å²) in [6, 6.07) is 8.51. The van der Waals surface area contributed by atoms with Crippen molar-refractivity contribution in [2.24, 2.45) is 0 Å². The van der Waals surface area contributed by atoms with Crippen LogP contribution in [0.15, 0.2) is 30.3 Å². The molecular weight excluding hydrogens is 275 g/mol. The number of anilines is 1. The lowest BCUT2D eigenvalue weighted by molar-refractivity contribution is 0.102. The number of benzene rings is 1. The molecule has 1 aromatic heterocycles. The van der Waals surface area contributed by atoms with Crippen LogP contribution in [-0.2, 0) is 0 Å². The fourth-order valence-corrected chi connectivity index (χ4v) is 1.74. The van der Waals surface area contributed by atoms with Crippen LogP contribution >= 0.6 is 23.2 Å². The molecule has 6 heteroatoms. The Labute approximate surface area is 114 Å². The maximum absolute atomic E-state index is 11.9. The molecule has 0 spiro atoms. The normalized spacial score (nSPS) is 10.2. The van der Waals surface area contributed by atoms with Crippen LogP contribution in [0, 0.1) is 0 Å². The third-order valence-electron chi connectivity index (χ3n) is 2.30. The molecule has 0 aliphatic heterocycles. The predicted octanol–water partition coefficient (Wildman–Crippen LogP) is 3.58. The van der Waals surface area contributed by atoms with Gasteiger partial charge in [-0.3, -0.25) is 4.79 Å². The number of amides is 1. The Morgan fingerprint density at radius 3 is 2.72 bits per heavy atom. The van der Waals surface area contributed by atoms with Crippen LogP contribution in [0.4, 0.5) is 5.69 Å². The van der Waals surface area contributed by atoms with E-state index in [1.54, 1.807) is 31.4 Å². The molecule has 0 aliphatic rings.